The van der Waals surface area contributed by atoms with Crippen molar-refractivity contribution in [3.05, 3.63) is 29.8 Å². The van der Waals surface area contributed by atoms with Gasteiger partial charge in [0.05, 0.1) is 5.60 Å². The zero-order valence-electron chi connectivity index (χ0n) is 17.6. The molecule has 3 fully saturated rings. The highest BCUT2D eigenvalue weighted by atomic mass is 16.5. The van der Waals surface area contributed by atoms with Gasteiger partial charge in [-0.3, -0.25) is 4.79 Å². The van der Waals surface area contributed by atoms with E-state index < -0.39 is 0 Å². The van der Waals surface area contributed by atoms with Crippen LogP contribution < -0.4 is 10.6 Å². The van der Waals surface area contributed by atoms with Crippen LogP contribution in [-0.2, 0) is 16.0 Å². The Kier molecular flexibility index (Phi) is 5.81. The monoisotopic (exact) mass is 399 g/mol. The number of anilines is 1. The van der Waals surface area contributed by atoms with Crippen LogP contribution in [0.25, 0.3) is 0 Å². The molecular weight excluding hydrogens is 366 g/mol. The molecule has 0 bridgehead atoms. The van der Waals surface area contributed by atoms with Crippen molar-refractivity contribution in [3.8, 4) is 0 Å². The molecule has 158 valence electrons. The molecule has 3 aliphatic rings. The number of carbonyl (C=O) groups is 2. The molecule has 3 amide bonds. The van der Waals surface area contributed by atoms with E-state index in [0.29, 0.717) is 19.0 Å². The van der Waals surface area contributed by atoms with E-state index in [-0.39, 0.29) is 29.6 Å². The summed E-state index contributed by atoms with van der Waals surface area (Å²) in [4.78, 5) is 27.1. The van der Waals surface area contributed by atoms with Gasteiger partial charge in [-0.2, -0.15) is 0 Å². The molecule has 0 radical (unpaired) electrons. The summed E-state index contributed by atoms with van der Waals surface area (Å²) in [5, 5.41) is 6.08. The minimum atomic E-state index is -0.339. The van der Waals surface area contributed by atoms with Gasteiger partial charge in [0.15, 0.2) is 0 Å². The van der Waals surface area contributed by atoms with Crippen LogP contribution in [0, 0.1) is 11.8 Å². The Morgan fingerprint density at radius 1 is 1.24 bits per heavy atom. The second kappa shape index (κ2) is 8.34. The number of ether oxygens (including phenoxy) is 1. The Hall–Kier alpha value is -2.08. The number of piperidine rings is 1. The molecule has 2 saturated heterocycles. The Bertz CT molecular complexity index is 763. The maximum Gasteiger partial charge on any atom is 0.321 e. The topological polar surface area (TPSA) is 70.7 Å². The average molecular weight is 400 g/mol. The van der Waals surface area contributed by atoms with Gasteiger partial charge in [0.2, 0.25) is 5.91 Å². The molecule has 29 heavy (non-hydrogen) atoms. The fourth-order valence-corrected chi connectivity index (χ4v) is 4.60. The summed E-state index contributed by atoms with van der Waals surface area (Å²) in [6, 6.07) is 7.94. The van der Waals surface area contributed by atoms with Crippen molar-refractivity contribution in [1.82, 2.24) is 10.2 Å². The number of nitrogens with zero attached hydrogens (tertiary/aromatic N) is 1. The minimum absolute atomic E-state index is 0.0388. The van der Waals surface area contributed by atoms with Crippen molar-refractivity contribution < 1.29 is 14.3 Å². The van der Waals surface area contributed by atoms with E-state index in [4.69, 9.17) is 4.74 Å². The van der Waals surface area contributed by atoms with Crippen LogP contribution in [0.3, 0.4) is 0 Å². The van der Waals surface area contributed by atoms with Gasteiger partial charge in [-0.05, 0) is 62.1 Å². The number of urea groups is 1. The molecule has 6 nitrogen and oxygen atoms in total. The molecule has 2 heterocycles. The predicted molar refractivity (Wildman–Crippen MR) is 113 cm³/mol. The number of rotatable bonds is 5. The number of amides is 3. The quantitative estimate of drug-likeness (QED) is 0.795. The number of carbonyl (C=O) groups excluding carboxylic acids is 2. The minimum Gasteiger partial charge on any atom is -0.362 e. The van der Waals surface area contributed by atoms with Crippen molar-refractivity contribution in [1.29, 1.82) is 0 Å². The van der Waals surface area contributed by atoms with E-state index in [1.165, 1.54) is 18.4 Å². The number of benzene rings is 1. The molecule has 4 rings (SSSR count). The smallest absolute Gasteiger partial charge is 0.321 e. The zero-order chi connectivity index (χ0) is 20.4. The Morgan fingerprint density at radius 2 is 2.07 bits per heavy atom. The molecule has 3 atom stereocenters. The van der Waals surface area contributed by atoms with Crippen molar-refractivity contribution in [2.24, 2.45) is 11.8 Å². The molecule has 1 aromatic carbocycles. The lowest BCUT2D eigenvalue weighted by Crippen LogP contribution is -2.54. The lowest BCUT2D eigenvalue weighted by Gasteiger charge is -2.44. The number of likely N-dealkylation sites (tertiary alicyclic amines) is 1. The Morgan fingerprint density at radius 3 is 2.79 bits per heavy atom. The van der Waals surface area contributed by atoms with Crippen LogP contribution in [0.1, 0.15) is 51.5 Å². The second-order valence-corrected chi connectivity index (χ2v) is 8.98. The van der Waals surface area contributed by atoms with Gasteiger partial charge in [-0.1, -0.05) is 26.0 Å². The molecule has 1 spiro atoms. The average Bonchev–Trinajstić information content (AvgIpc) is 3.46. The molecule has 1 aliphatic carbocycles. The van der Waals surface area contributed by atoms with E-state index in [9.17, 15) is 9.59 Å². The SMILES string of the molecule is CCc1cccc(NC(=O)N2CC[C@]3(CC[C@@H](C(=O)NCC4CC4)O3)[C@H](C)C2)c1. The fraction of sp³-hybridized carbons (Fsp3) is 0.652. The third-order valence-electron chi connectivity index (χ3n) is 6.83. The third kappa shape index (κ3) is 4.58. The van der Waals surface area contributed by atoms with E-state index >= 15 is 0 Å². The number of nitrogens with one attached hydrogen (secondary N) is 2. The molecule has 0 unspecified atom stereocenters. The van der Waals surface area contributed by atoms with Gasteiger partial charge >= 0.3 is 6.03 Å². The summed E-state index contributed by atoms with van der Waals surface area (Å²) >= 11 is 0. The van der Waals surface area contributed by atoms with Crippen LogP contribution >= 0.6 is 0 Å². The summed E-state index contributed by atoms with van der Waals surface area (Å²) in [5.74, 6) is 0.912. The molecule has 1 aromatic rings. The lowest BCUT2D eigenvalue weighted by atomic mass is 9.80. The molecule has 0 aromatic heterocycles. The van der Waals surface area contributed by atoms with Crippen molar-refractivity contribution >= 4 is 17.6 Å². The standard InChI is InChI=1S/C23H33N3O3/c1-3-17-5-4-6-19(13-17)25-22(28)26-12-11-23(16(2)15-26)10-9-20(29-23)21(27)24-14-18-7-8-18/h4-6,13,16,18,20H,3,7-12,14-15H2,1-2H3,(H,24,27)(H,25,28)/t16-,20+,23-/m1/s1. The fourth-order valence-electron chi connectivity index (χ4n) is 4.60. The first kappa shape index (κ1) is 20.2. The maximum absolute atomic E-state index is 12.8. The molecule has 2 aliphatic heterocycles. The Balaban J connectivity index is 1.30. The van der Waals surface area contributed by atoms with Crippen LogP contribution in [0.2, 0.25) is 0 Å². The van der Waals surface area contributed by atoms with Crippen LogP contribution in [0.4, 0.5) is 10.5 Å². The number of hydrogen-bond donors (Lipinski definition) is 2. The number of hydrogen-bond acceptors (Lipinski definition) is 3. The molecule has 6 heteroatoms. The second-order valence-electron chi connectivity index (χ2n) is 8.98. The molecule has 2 N–H and O–H groups in total. The zero-order valence-corrected chi connectivity index (χ0v) is 17.6. The van der Waals surface area contributed by atoms with Crippen molar-refractivity contribution in [3.63, 3.8) is 0 Å². The van der Waals surface area contributed by atoms with E-state index in [1.807, 2.05) is 23.1 Å². The number of aryl methyl sites for hydroxylation is 1. The van der Waals surface area contributed by atoms with Gasteiger partial charge in [-0.15, -0.1) is 0 Å². The summed E-state index contributed by atoms with van der Waals surface area (Å²) in [5.41, 5.74) is 1.77. The molecule has 1 saturated carbocycles. The lowest BCUT2D eigenvalue weighted by molar-refractivity contribution is -0.146. The summed E-state index contributed by atoms with van der Waals surface area (Å²) in [6.45, 7) is 6.33. The first-order valence-corrected chi connectivity index (χ1v) is 11.1. The van der Waals surface area contributed by atoms with Crippen molar-refractivity contribution in [2.45, 2.75) is 64.1 Å². The van der Waals surface area contributed by atoms with E-state index in [0.717, 1.165) is 37.9 Å². The van der Waals surface area contributed by atoms with Crippen LogP contribution in [-0.4, -0.2) is 48.2 Å². The van der Waals surface area contributed by atoms with E-state index in [2.05, 4.69) is 30.5 Å². The van der Waals surface area contributed by atoms with Crippen molar-refractivity contribution in [2.75, 3.05) is 25.0 Å². The normalized spacial score (nSPS) is 29.1. The maximum atomic E-state index is 12.8. The Labute approximate surface area is 173 Å². The van der Waals surface area contributed by atoms with Gasteiger partial charge in [-0.25, -0.2) is 4.79 Å². The molecular formula is C23H33N3O3. The highest BCUT2D eigenvalue weighted by Gasteiger charge is 2.49. The first-order chi connectivity index (χ1) is 14.0. The third-order valence-corrected chi connectivity index (χ3v) is 6.83. The van der Waals surface area contributed by atoms with Gasteiger partial charge < -0.3 is 20.3 Å². The van der Waals surface area contributed by atoms with Gasteiger partial charge in [0.25, 0.3) is 0 Å². The first-order valence-electron chi connectivity index (χ1n) is 11.1. The highest BCUT2D eigenvalue weighted by molar-refractivity contribution is 5.89. The summed E-state index contributed by atoms with van der Waals surface area (Å²) in [6.07, 6.45) is 5.51. The van der Waals surface area contributed by atoms with E-state index in [1.54, 1.807) is 0 Å². The van der Waals surface area contributed by atoms with Gasteiger partial charge in [0, 0.05) is 31.2 Å². The highest BCUT2D eigenvalue weighted by Crippen LogP contribution is 2.42. The largest absolute Gasteiger partial charge is 0.362 e. The van der Waals surface area contributed by atoms with Crippen LogP contribution in [0.5, 0.6) is 0 Å². The predicted octanol–water partition coefficient (Wildman–Crippen LogP) is 3.57. The van der Waals surface area contributed by atoms with Crippen LogP contribution in [0.15, 0.2) is 24.3 Å². The summed E-state index contributed by atoms with van der Waals surface area (Å²) in [7, 11) is 0. The van der Waals surface area contributed by atoms with Gasteiger partial charge in [0.1, 0.15) is 6.10 Å². The summed E-state index contributed by atoms with van der Waals surface area (Å²) < 4.78 is 6.32.